The molecule has 0 saturated carbocycles. The summed E-state index contributed by atoms with van der Waals surface area (Å²) in [5.74, 6) is 0. The molecule has 0 N–H and O–H groups in total. The van der Waals surface area contributed by atoms with Gasteiger partial charge in [0.25, 0.3) is 5.19 Å². The van der Waals surface area contributed by atoms with Crippen LogP contribution in [0, 0.1) is 6.92 Å². The summed E-state index contributed by atoms with van der Waals surface area (Å²) in [5.41, 5.74) is 2.36. The van der Waals surface area contributed by atoms with E-state index >= 15 is 0 Å². The normalized spacial score (nSPS) is 28.0. The van der Waals surface area contributed by atoms with Gasteiger partial charge in [0.1, 0.15) is 6.10 Å². The summed E-state index contributed by atoms with van der Waals surface area (Å²) >= 11 is 1.55. The van der Waals surface area contributed by atoms with Gasteiger partial charge in [-0.2, -0.15) is 0 Å². The van der Waals surface area contributed by atoms with E-state index in [2.05, 4.69) is 53.3 Å². The third kappa shape index (κ3) is 2.63. The van der Waals surface area contributed by atoms with E-state index in [1.165, 1.54) is 18.4 Å². The van der Waals surface area contributed by atoms with Gasteiger partial charge in [0.05, 0.1) is 0 Å². The molecule has 4 rings (SSSR count). The fourth-order valence-corrected chi connectivity index (χ4v) is 4.51. The summed E-state index contributed by atoms with van der Waals surface area (Å²) in [4.78, 5) is 2.53. The zero-order chi connectivity index (χ0) is 15.1. The first kappa shape index (κ1) is 14.2. The molecule has 2 unspecified atom stereocenters. The Labute approximate surface area is 135 Å². The van der Waals surface area contributed by atoms with Crippen molar-refractivity contribution < 1.29 is 4.74 Å². The Kier molecular flexibility index (Phi) is 3.62. The monoisotopic (exact) mass is 315 g/mol. The van der Waals surface area contributed by atoms with Crippen LogP contribution in [0.15, 0.2) is 24.3 Å². The predicted molar refractivity (Wildman–Crippen MR) is 88.3 cm³/mol. The Morgan fingerprint density at radius 2 is 1.95 bits per heavy atom. The van der Waals surface area contributed by atoms with E-state index in [1.54, 1.807) is 11.3 Å². The Hall–Kier alpha value is -1.46. The van der Waals surface area contributed by atoms with Crippen LogP contribution in [0.3, 0.4) is 0 Å². The summed E-state index contributed by atoms with van der Waals surface area (Å²) < 4.78 is 6.14. The molecule has 2 atom stereocenters. The summed E-state index contributed by atoms with van der Waals surface area (Å²) in [5, 5.41) is 10.2. The molecule has 1 aromatic heterocycles. The number of rotatable bonds is 3. The van der Waals surface area contributed by atoms with Crippen LogP contribution in [0.2, 0.25) is 0 Å². The number of nitrogens with zero attached hydrogens (tertiary/aromatic N) is 3. The molecule has 2 aromatic rings. The second-order valence-corrected chi connectivity index (χ2v) is 7.44. The van der Waals surface area contributed by atoms with Crippen molar-refractivity contribution in [2.24, 2.45) is 0 Å². The number of benzene rings is 1. The molecule has 4 nitrogen and oxygen atoms in total. The van der Waals surface area contributed by atoms with Crippen LogP contribution in [0.25, 0.3) is 10.6 Å². The second-order valence-electron chi connectivity index (χ2n) is 6.50. The minimum atomic E-state index is 0.298. The second kappa shape index (κ2) is 5.63. The van der Waals surface area contributed by atoms with Crippen LogP contribution in [0.5, 0.6) is 5.19 Å². The van der Waals surface area contributed by atoms with E-state index in [9.17, 15) is 0 Å². The van der Waals surface area contributed by atoms with Crippen molar-refractivity contribution >= 4 is 11.3 Å². The minimum Gasteiger partial charge on any atom is -0.465 e. The number of piperidine rings is 1. The van der Waals surface area contributed by atoms with Crippen LogP contribution >= 0.6 is 11.3 Å². The SMILES string of the molecule is Cc1cccc(-c2nnc(OC3CC4CCC(C3)N4C)s2)c1. The average molecular weight is 315 g/mol. The van der Waals surface area contributed by atoms with Crippen molar-refractivity contribution in [3.8, 4) is 15.8 Å². The van der Waals surface area contributed by atoms with Gasteiger partial charge in [-0.3, -0.25) is 0 Å². The van der Waals surface area contributed by atoms with Gasteiger partial charge < -0.3 is 9.64 Å². The quantitative estimate of drug-likeness (QED) is 0.868. The average Bonchev–Trinajstić information content (AvgIpc) is 3.02. The summed E-state index contributed by atoms with van der Waals surface area (Å²) in [6.45, 7) is 2.09. The van der Waals surface area contributed by atoms with Gasteiger partial charge in [-0.15, -0.1) is 5.10 Å². The molecule has 0 spiro atoms. The zero-order valence-electron chi connectivity index (χ0n) is 13.0. The van der Waals surface area contributed by atoms with Gasteiger partial charge in [-0.25, -0.2) is 0 Å². The number of aryl methyl sites for hydroxylation is 1. The van der Waals surface area contributed by atoms with Crippen LogP contribution < -0.4 is 4.74 Å². The number of aromatic nitrogens is 2. The molecule has 2 aliphatic rings. The van der Waals surface area contributed by atoms with Crippen molar-refractivity contribution in [2.45, 2.75) is 50.8 Å². The Bertz CT molecular complexity index is 657. The highest BCUT2D eigenvalue weighted by molar-refractivity contribution is 7.16. The highest BCUT2D eigenvalue weighted by Gasteiger charge is 2.39. The summed E-state index contributed by atoms with van der Waals surface area (Å²) in [7, 11) is 2.25. The van der Waals surface area contributed by atoms with E-state index in [0.29, 0.717) is 23.4 Å². The van der Waals surface area contributed by atoms with E-state index in [-0.39, 0.29) is 0 Å². The Balaban J connectivity index is 1.46. The predicted octanol–water partition coefficient (Wildman–Crippen LogP) is 3.52. The van der Waals surface area contributed by atoms with Gasteiger partial charge >= 0.3 is 0 Å². The van der Waals surface area contributed by atoms with E-state index < -0.39 is 0 Å². The van der Waals surface area contributed by atoms with Gasteiger partial charge in [-0.05, 0) is 45.7 Å². The highest BCUT2D eigenvalue weighted by atomic mass is 32.1. The molecular weight excluding hydrogens is 294 g/mol. The largest absolute Gasteiger partial charge is 0.465 e. The van der Waals surface area contributed by atoms with Crippen LogP contribution in [-0.4, -0.2) is 40.3 Å². The molecule has 2 saturated heterocycles. The van der Waals surface area contributed by atoms with Crippen molar-refractivity contribution in [2.75, 3.05) is 7.05 Å². The maximum atomic E-state index is 6.14. The lowest BCUT2D eigenvalue weighted by Crippen LogP contribution is -2.43. The standard InChI is InChI=1S/C17H21N3OS/c1-11-4-3-5-12(8-11)16-18-19-17(22-16)21-15-9-13-6-7-14(10-15)20(13)2/h3-5,8,13-15H,6-7,9-10H2,1-2H3. The lowest BCUT2D eigenvalue weighted by molar-refractivity contribution is 0.0655. The molecule has 22 heavy (non-hydrogen) atoms. The van der Waals surface area contributed by atoms with E-state index in [0.717, 1.165) is 23.4 Å². The molecule has 2 bridgehead atoms. The number of fused-ring (bicyclic) bond motifs is 2. The van der Waals surface area contributed by atoms with E-state index in [1.807, 2.05) is 0 Å². The Morgan fingerprint density at radius 3 is 2.68 bits per heavy atom. The molecule has 0 radical (unpaired) electrons. The lowest BCUT2D eigenvalue weighted by atomic mass is 10.0. The third-order valence-electron chi connectivity index (χ3n) is 4.99. The van der Waals surface area contributed by atoms with Crippen LogP contribution in [0.4, 0.5) is 0 Å². The molecule has 116 valence electrons. The molecule has 5 heteroatoms. The van der Waals surface area contributed by atoms with Gasteiger partial charge in [-0.1, -0.05) is 40.2 Å². The maximum absolute atomic E-state index is 6.14. The van der Waals surface area contributed by atoms with Gasteiger partial charge in [0.15, 0.2) is 5.01 Å². The van der Waals surface area contributed by atoms with Crippen LogP contribution in [0.1, 0.15) is 31.2 Å². The fraction of sp³-hybridized carbons (Fsp3) is 0.529. The number of hydrogen-bond donors (Lipinski definition) is 0. The summed E-state index contributed by atoms with van der Waals surface area (Å²) in [6.07, 6.45) is 5.16. The topological polar surface area (TPSA) is 38.3 Å². The van der Waals surface area contributed by atoms with E-state index in [4.69, 9.17) is 4.74 Å². The third-order valence-corrected chi connectivity index (χ3v) is 5.86. The first-order chi connectivity index (χ1) is 10.7. The molecule has 3 heterocycles. The van der Waals surface area contributed by atoms with Crippen molar-refractivity contribution in [1.29, 1.82) is 0 Å². The van der Waals surface area contributed by atoms with Crippen molar-refractivity contribution in [3.05, 3.63) is 29.8 Å². The Morgan fingerprint density at radius 1 is 1.18 bits per heavy atom. The lowest BCUT2D eigenvalue weighted by Gasteiger charge is -2.35. The molecule has 0 amide bonds. The van der Waals surface area contributed by atoms with Crippen molar-refractivity contribution in [1.82, 2.24) is 15.1 Å². The molecular formula is C17H21N3OS. The van der Waals surface area contributed by atoms with Crippen LogP contribution in [-0.2, 0) is 0 Å². The molecule has 2 aliphatic heterocycles. The zero-order valence-corrected chi connectivity index (χ0v) is 13.8. The number of ether oxygens (including phenoxy) is 1. The first-order valence-electron chi connectivity index (χ1n) is 7.98. The van der Waals surface area contributed by atoms with Crippen molar-refractivity contribution in [3.63, 3.8) is 0 Å². The van der Waals surface area contributed by atoms with Gasteiger partial charge in [0, 0.05) is 17.6 Å². The smallest absolute Gasteiger partial charge is 0.294 e. The highest BCUT2D eigenvalue weighted by Crippen LogP contribution is 2.37. The molecule has 0 aliphatic carbocycles. The maximum Gasteiger partial charge on any atom is 0.294 e. The summed E-state index contributed by atoms with van der Waals surface area (Å²) in [6, 6.07) is 9.74. The fourth-order valence-electron chi connectivity index (χ4n) is 3.75. The number of hydrogen-bond acceptors (Lipinski definition) is 5. The molecule has 1 aromatic carbocycles. The minimum absolute atomic E-state index is 0.298. The van der Waals surface area contributed by atoms with Gasteiger partial charge in [0.2, 0.25) is 0 Å². The molecule has 2 fully saturated rings. The first-order valence-corrected chi connectivity index (χ1v) is 8.80.